The summed E-state index contributed by atoms with van der Waals surface area (Å²) in [5, 5.41) is 0. The Kier molecular flexibility index (Phi) is 3.49. The average Bonchev–Trinajstić information content (AvgIpc) is 2.20. The third-order valence-electron chi connectivity index (χ3n) is 3.34. The quantitative estimate of drug-likeness (QED) is 0.845. The van der Waals surface area contributed by atoms with Gasteiger partial charge in [-0.2, -0.15) is 0 Å². The molecule has 1 aliphatic carbocycles. The molecule has 0 aromatic heterocycles. The molecule has 0 heterocycles. The molecular formula is C14H21NO. The van der Waals surface area contributed by atoms with E-state index in [-0.39, 0.29) is 0 Å². The zero-order chi connectivity index (χ0) is 11.5. The van der Waals surface area contributed by atoms with Gasteiger partial charge in [-0.05, 0) is 56.2 Å². The van der Waals surface area contributed by atoms with Crippen LogP contribution in [0.4, 0.5) is 0 Å². The smallest absolute Gasteiger partial charge is 0.122 e. The van der Waals surface area contributed by atoms with Gasteiger partial charge in [-0.1, -0.05) is 12.1 Å². The minimum Gasteiger partial charge on any atom is -0.494 e. The van der Waals surface area contributed by atoms with E-state index in [4.69, 9.17) is 10.5 Å². The first-order chi connectivity index (χ1) is 7.69. The summed E-state index contributed by atoms with van der Waals surface area (Å²) in [6, 6.07) is 6.97. The van der Waals surface area contributed by atoms with Gasteiger partial charge in [-0.25, -0.2) is 0 Å². The van der Waals surface area contributed by atoms with Crippen molar-refractivity contribution in [2.24, 2.45) is 11.7 Å². The molecule has 0 spiro atoms. The van der Waals surface area contributed by atoms with E-state index in [9.17, 15) is 0 Å². The van der Waals surface area contributed by atoms with Gasteiger partial charge in [0.05, 0.1) is 6.61 Å². The zero-order valence-corrected chi connectivity index (χ0v) is 10.2. The van der Waals surface area contributed by atoms with Crippen LogP contribution in [-0.2, 0) is 6.42 Å². The molecule has 2 N–H and O–H groups in total. The normalized spacial score (nSPS) is 23.9. The maximum atomic E-state index is 5.80. The lowest BCUT2D eigenvalue weighted by molar-refractivity contribution is 0.264. The van der Waals surface area contributed by atoms with Gasteiger partial charge < -0.3 is 10.5 Å². The third kappa shape index (κ3) is 2.56. The molecule has 0 bridgehead atoms. The van der Waals surface area contributed by atoms with Crippen molar-refractivity contribution in [3.8, 4) is 5.75 Å². The number of benzene rings is 1. The Morgan fingerprint density at radius 3 is 2.69 bits per heavy atom. The van der Waals surface area contributed by atoms with Gasteiger partial charge in [0.1, 0.15) is 5.75 Å². The fraction of sp³-hybridized carbons (Fsp3) is 0.571. The Morgan fingerprint density at radius 1 is 1.38 bits per heavy atom. The van der Waals surface area contributed by atoms with Crippen LogP contribution in [-0.4, -0.2) is 12.6 Å². The largest absolute Gasteiger partial charge is 0.494 e. The van der Waals surface area contributed by atoms with Crippen LogP contribution in [0.25, 0.3) is 0 Å². The van der Waals surface area contributed by atoms with Crippen molar-refractivity contribution in [1.29, 1.82) is 0 Å². The van der Waals surface area contributed by atoms with Crippen molar-refractivity contribution >= 4 is 0 Å². The molecule has 88 valence electrons. The summed E-state index contributed by atoms with van der Waals surface area (Å²) in [5.74, 6) is 1.81. The highest BCUT2D eigenvalue weighted by atomic mass is 16.5. The lowest BCUT2D eigenvalue weighted by Crippen LogP contribution is -2.37. The molecule has 16 heavy (non-hydrogen) atoms. The minimum atomic E-state index is 0.453. The number of aryl methyl sites for hydroxylation is 1. The summed E-state index contributed by atoms with van der Waals surface area (Å²) in [5.41, 5.74) is 8.45. The van der Waals surface area contributed by atoms with Crippen molar-refractivity contribution in [1.82, 2.24) is 0 Å². The minimum absolute atomic E-state index is 0.453. The van der Waals surface area contributed by atoms with Gasteiger partial charge >= 0.3 is 0 Å². The molecule has 1 aliphatic rings. The molecule has 0 saturated heterocycles. The second kappa shape index (κ2) is 4.88. The Hall–Kier alpha value is -1.02. The molecule has 0 aliphatic heterocycles. The van der Waals surface area contributed by atoms with Gasteiger partial charge in [-0.15, -0.1) is 0 Å². The first-order valence-electron chi connectivity index (χ1n) is 6.17. The molecule has 1 aromatic rings. The maximum Gasteiger partial charge on any atom is 0.122 e. The second-order valence-corrected chi connectivity index (χ2v) is 4.83. The summed E-state index contributed by atoms with van der Waals surface area (Å²) in [6.45, 7) is 4.86. The molecule has 1 saturated carbocycles. The number of rotatable bonds is 4. The Morgan fingerprint density at radius 2 is 2.12 bits per heavy atom. The van der Waals surface area contributed by atoms with E-state index >= 15 is 0 Å². The Labute approximate surface area is 97.8 Å². The van der Waals surface area contributed by atoms with Gasteiger partial charge in [-0.3, -0.25) is 0 Å². The fourth-order valence-corrected chi connectivity index (χ4v) is 2.44. The van der Waals surface area contributed by atoms with Gasteiger partial charge in [0.15, 0.2) is 0 Å². The molecule has 0 unspecified atom stereocenters. The van der Waals surface area contributed by atoms with Gasteiger partial charge in [0.25, 0.3) is 0 Å². The number of hydrogen-bond acceptors (Lipinski definition) is 2. The zero-order valence-electron chi connectivity index (χ0n) is 10.2. The molecule has 0 radical (unpaired) electrons. The third-order valence-corrected chi connectivity index (χ3v) is 3.34. The van der Waals surface area contributed by atoms with Crippen molar-refractivity contribution < 1.29 is 4.74 Å². The van der Waals surface area contributed by atoms with Crippen molar-refractivity contribution in [3.05, 3.63) is 29.3 Å². The van der Waals surface area contributed by atoms with Crippen molar-refractivity contribution in [3.63, 3.8) is 0 Å². The molecule has 1 fully saturated rings. The summed E-state index contributed by atoms with van der Waals surface area (Å²) in [4.78, 5) is 0. The van der Waals surface area contributed by atoms with Crippen LogP contribution in [0, 0.1) is 12.8 Å². The fourth-order valence-electron chi connectivity index (χ4n) is 2.44. The number of ether oxygens (including phenoxy) is 1. The summed E-state index contributed by atoms with van der Waals surface area (Å²) >= 11 is 0. The van der Waals surface area contributed by atoms with Crippen LogP contribution in [0.3, 0.4) is 0 Å². The van der Waals surface area contributed by atoms with Crippen LogP contribution in [0.5, 0.6) is 5.75 Å². The monoisotopic (exact) mass is 219 g/mol. The van der Waals surface area contributed by atoms with Crippen molar-refractivity contribution in [2.75, 3.05) is 6.61 Å². The predicted molar refractivity (Wildman–Crippen MR) is 66.8 cm³/mol. The first kappa shape index (κ1) is 11.5. The Bertz CT molecular complexity index is 356. The highest BCUT2D eigenvalue weighted by Gasteiger charge is 2.25. The molecule has 0 amide bonds. The molecule has 2 nitrogen and oxygen atoms in total. The topological polar surface area (TPSA) is 35.2 Å². The van der Waals surface area contributed by atoms with E-state index in [2.05, 4.69) is 25.1 Å². The van der Waals surface area contributed by atoms with Crippen LogP contribution in [0.1, 0.15) is 30.9 Å². The van der Waals surface area contributed by atoms with E-state index in [1.54, 1.807) is 0 Å². The summed E-state index contributed by atoms with van der Waals surface area (Å²) < 4.78 is 5.53. The lowest BCUT2D eigenvalue weighted by atomic mass is 9.77. The molecular weight excluding hydrogens is 198 g/mol. The standard InChI is InChI=1S/C14H21NO/c1-3-16-14-5-4-11(6-10(14)2)7-12-8-13(15)9-12/h4-6,12-13H,3,7-9,15H2,1-2H3. The van der Waals surface area contributed by atoms with Gasteiger partial charge in [0, 0.05) is 6.04 Å². The van der Waals surface area contributed by atoms with E-state index in [0.717, 1.165) is 18.3 Å². The summed E-state index contributed by atoms with van der Waals surface area (Å²) in [7, 11) is 0. The lowest BCUT2D eigenvalue weighted by Gasteiger charge is -2.32. The van der Waals surface area contributed by atoms with E-state index < -0.39 is 0 Å². The number of hydrogen-bond donors (Lipinski definition) is 1. The van der Waals surface area contributed by atoms with E-state index in [0.29, 0.717) is 6.04 Å². The van der Waals surface area contributed by atoms with E-state index in [1.165, 1.54) is 30.4 Å². The molecule has 2 rings (SSSR count). The molecule has 1 aromatic carbocycles. The highest BCUT2D eigenvalue weighted by molar-refractivity contribution is 5.36. The van der Waals surface area contributed by atoms with Crippen LogP contribution in [0.15, 0.2) is 18.2 Å². The highest BCUT2D eigenvalue weighted by Crippen LogP contribution is 2.30. The predicted octanol–water partition coefficient (Wildman–Crippen LogP) is 2.67. The molecule has 0 atom stereocenters. The maximum absolute atomic E-state index is 5.80. The van der Waals surface area contributed by atoms with Crippen LogP contribution >= 0.6 is 0 Å². The summed E-state index contributed by atoms with van der Waals surface area (Å²) in [6.07, 6.45) is 3.54. The van der Waals surface area contributed by atoms with Crippen molar-refractivity contribution in [2.45, 2.75) is 39.2 Å². The molecule has 2 heteroatoms. The van der Waals surface area contributed by atoms with E-state index in [1.807, 2.05) is 6.92 Å². The Balaban J connectivity index is 1.98. The second-order valence-electron chi connectivity index (χ2n) is 4.83. The number of nitrogens with two attached hydrogens (primary N) is 1. The van der Waals surface area contributed by atoms with Crippen LogP contribution in [0.2, 0.25) is 0 Å². The SMILES string of the molecule is CCOc1ccc(CC2CC(N)C2)cc1C. The first-order valence-corrected chi connectivity index (χ1v) is 6.17. The van der Waals surface area contributed by atoms with Gasteiger partial charge in [0.2, 0.25) is 0 Å². The average molecular weight is 219 g/mol. The van der Waals surface area contributed by atoms with Crippen LogP contribution < -0.4 is 10.5 Å².